The van der Waals surface area contributed by atoms with Crippen LogP contribution in [-0.2, 0) is 19.4 Å². The Labute approximate surface area is 258 Å². The molecule has 4 rings (SSSR count). The fraction of sp³-hybridized carbons (Fsp3) is 0.424. The molecule has 230 valence electrons. The molecule has 3 N–H and O–H groups in total. The van der Waals surface area contributed by atoms with Gasteiger partial charge < -0.3 is 25.0 Å². The first-order chi connectivity index (χ1) is 20.9. The second-order valence-electron chi connectivity index (χ2n) is 10.7. The van der Waals surface area contributed by atoms with Gasteiger partial charge in [-0.15, -0.1) is 11.3 Å². The van der Waals surface area contributed by atoms with Gasteiger partial charge in [0, 0.05) is 30.1 Å². The van der Waals surface area contributed by atoms with Crippen LogP contribution in [0.25, 0.3) is 0 Å². The molecule has 0 saturated heterocycles. The Balaban J connectivity index is 1.43. The van der Waals surface area contributed by atoms with E-state index in [1.807, 2.05) is 36.4 Å². The lowest BCUT2D eigenvalue weighted by Gasteiger charge is -2.23. The molecule has 0 aliphatic heterocycles. The average Bonchev–Trinajstić information content (AvgIpc) is 3.39. The molecule has 1 heterocycles. The number of hydrogen-bond acceptors (Lipinski definition) is 8. The number of nitrogens with one attached hydrogen (secondary N) is 2. The van der Waals surface area contributed by atoms with Gasteiger partial charge >= 0.3 is 0 Å². The second-order valence-corrected chi connectivity index (χ2v) is 11.8. The van der Waals surface area contributed by atoms with Crippen molar-refractivity contribution >= 4 is 34.4 Å². The summed E-state index contributed by atoms with van der Waals surface area (Å²) >= 11 is 1.49. The Hall–Kier alpha value is -3.57. The van der Waals surface area contributed by atoms with Crippen LogP contribution in [-0.4, -0.2) is 79.4 Å². The maximum Gasteiger partial charge on any atom is 0.274 e. The van der Waals surface area contributed by atoms with Gasteiger partial charge in [0.1, 0.15) is 17.4 Å². The number of amides is 2. The van der Waals surface area contributed by atoms with Crippen LogP contribution >= 0.6 is 11.3 Å². The van der Waals surface area contributed by atoms with E-state index in [9.17, 15) is 9.59 Å². The summed E-state index contributed by atoms with van der Waals surface area (Å²) in [7, 11) is 2.10. The summed E-state index contributed by atoms with van der Waals surface area (Å²) in [6, 6.07) is 14.9. The molecule has 1 aromatic heterocycles. The van der Waals surface area contributed by atoms with Crippen LogP contribution in [0.1, 0.15) is 69.0 Å². The normalized spacial score (nSPS) is 13.0. The number of aryl methyl sites for hydroxylation is 1. The van der Waals surface area contributed by atoms with Gasteiger partial charge in [-0.3, -0.25) is 9.59 Å². The first kappa shape index (κ1) is 32.3. The highest BCUT2D eigenvalue weighted by atomic mass is 32.1. The largest absolute Gasteiger partial charge is 0.491 e. The van der Waals surface area contributed by atoms with Crippen molar-refractivity contribution in [1.82, 2.24) is 15.2 Å². The van der Waals surface area contributed by atoms with E-state index in [1.54, 1.807) is 18.3 Å². The number of ether oxygens (including phenoxy) is 1. The van der Waals surface area contributed by atoms with Crippen LogP contribution in [0, 0.1) is 0 Å². The van der Waals surface area contributed by atoms with Crippen molar-refractivity contribution in [2.75, 3.05) is 51.8 Å². The van der Waals surface area contributed by atoms with Gasteiger partial charge in [-0.2, -0.15) is 5.10 Å². The minimum absolute atomic E-state index is 0.0502. The number of fused-ring (bicyclic) bond motifs is 1. The molecule has 0 saturated carbocycles. The monoisotopic (exact) mass is 605 g/mol. The molecule has 0 unspecified atom stereocenters. The van der Waals surface area contributed by atoms with E-state index in [0.29, 0.717) is 21.9 Å². The molecule has 3 aromatic rings. The quantitative estimate of drug-likeness (QED) is 0.170. The minimum atomic E-state index is -0.336. The smallest absolute Gasteiger partial charge is 0.274 e. The summed E-state index contributed by atoms with van der Waals surface area (Å²) in [5.74, 6) is 0.0816. The third kappa shape index (κ3) is 9.21. The van der Waals surface area contributed by atoms with Crippen molar-refractivity contribution in [2.45, 2.75) is 46.1 Å². The number of thiophene rings is 1. The predicted octanol–water partition coefficient (Wildman–Crippen LogP) is 4.79. The fourth-order valence-corrected chi connectivity index (χ4v) is 6.44. The maximum absolute atomic E-state index is 13.4. The molecule has 9 nitrogen and oxygen atoms in total. The molecule has 10 heteroatoms. The van der Waals surface area contributed by atoms with Crippen LogP contribution in [0.3, 0.4) is 0 Å². The molecule has 0 atom stereocenters. The number of hydrazone groups is 1. The van der Waals surface area contributed by atoms with Gasteiger partial charge in [0.05, 0.1) is 18.4 Å². The van der Waals surface area contributed by atoms with E-state index in [2.05, 4.69) is 46.5 Å². The molecule has 2 aromatic carbocycles. The van der Waals surface area contributed by atoms with Crippen LogP contribution in [0.15, 0.2) is 53.6 Å². The lowest BCUT2D eigenvalue weighted by atomic mass is 9.95. The van der Waals surface area contributed by atoms with Crippen molar-refractivity contribution in [2.24, 2.45) is 5.10 Å². The molecule has 1 aliphatic rings. The van der Waals surface area contributed by atoms with Crippen molar-refractivity contribution in [3.05, 3.63) is 81.2 Å². The summed E-state index contributed by atoms with van der Waals surface area (Å²) in [5.41, 5.74) is 6.59. The summed E-state index contributed by atoms with van der Waals surface area (Å²) in [6.07, 6.45) is 5.35. The molecular formula is C33H43N5O4S. The van der Waals surface area contributed by atoms with Gasteiger partial charge in [-0.25, -0.2) is 5.43 Å². The van der Waals surface area contributed by atoms with Gasteiger partial charge in [-0.05, 0) is 98.9 Å². The number of hydrogen-bond donors (Lipinski definition) is 3. The number of anilines is 1. The van der Waals surface area contributed by atoms with Crippen LogP contribution in [0.5, 0.6) is 5.75 Å². The second kappa shape index (κ2) is 16.3. The standard InChI is InChI=1S/C33H43N5O4S/c1-4-38(5-2)18-17-37(3)23-25-9-8-10-26(21-25)31(40)35-33-30(28-11-6-7-12-29(28)43-33)32(41)36-34-22-24-13-15-27(16-14-24)42-20-19-39/h8-10,13-16,21-22,39H,4-7,11-12,17-20,23H2,1-3H3,(H,35,40)(H,36,41). The molecule has 0 spiro atoms. The minimum Gasteiger partial charge on any atom is -0.491 e. The number of aliphatic hydroxyl groups is 1. The Morgan fingerprint density at radius 1 is 1.05 bits per heavy atom. The number of rotatable bonds is 15. The zero-order valence-corrected chi connectivity index (χ0v) is 26.2. The Morgan fingerprint density at radius 3 is 2.56 bits per heavy atom. The van der Waals surface area contributed by atoms with E-state index in [4.69, 9.17) is 9.84 Å². The van der Waals surface area contributed by atoms with Gasteiger partial charge in [-0.1, -0.05) is 26.0 Å². The Kier molecular flexibility index (Phi) is 12.3. The molecule has 2 amide bonds. The first-order valence-electron chi connectivity index (χ1n) is 15.0. The summed E-state index contributed by atoms with van der Waals surface area (Å²) in [4.78, 5) is 32.6. The third-order valence-corrected chi connectivity index (χ3v) is 8.79. The Morgan fingerprint density at radius 2 is 1.81 bits per heavy atom. The summed E-state index contributed by atoms with van der Waals surface area (Å²) in [5, 5.41) is 16.7. The van der Waals surface area contributed by atoms with Gasteiger partial charge in [0.25, 0.3) is 11.8 Å². The number of carbonyl (C=O) groups is 2. The zero-order valence-electron chi connectivity index (χ0n) is 25.4. The van der Waals surface area contributed by atoms with Crippen molar-refractivity contribution in [3.8, 4) is 5.75 Å². The fourth-order valence-electron chi connectivity index (χ4n) is 5.16. The summed E-state index contributed by atoms with van der Waals surface area (Å²) in [6.45, 7) is 9.31. The van der Waals surface area contributed by atoms with Gasteiger partial charge in [0.2, 0.25) is 0 Å². The number of benzene rings is 2. The summed E-state index contributed by atoms with van der Waals surface area (Å²) < 4.78 is 5.38. The number of likely N-dealkylation sites (N-methyl/N-ethyl adjacent to an activating group) is 2. The topological polar surface area (TPSA) is 106 Å². The van der Waals surface area contributed by atoms with Crippen molar-refractivity contribution in [1.29, 1.82) is 0 Å². The van der Waals surface area contributed by atoms with E-state index in [-0.39, 0.29) is 25.0 Å². The van der Waals surface area contributed by atoms with E-state index >= 15 is 0 Å². The highest BCUT2D eigenvalue weighted by Crippen LogP contribution is 2.38. The lowest BCUT2D eigenvalue weighted by Crippen LogP contribution is -2.32. The third-order valence-electron chi connectivity index (χ3n) is 7.58. The van der Waals surface area contributed by atoms with Crippen LogP contribution in [0.2, 0.25) is 0 Å². The van der Waals surface area contributed by atoms with Crippen LogP contribution in [0.4, 0.5) is 5.00 Å². The maximum atomic E-state index is 13.4. The van der Waals surface area contributed by atoms with E-state index in [1.165, 1.54) is 11.3 Å². The zero-order chi connectivity index (χ0) is 30.6. The Bertz CT molecular complexity index is 1380. The number of nitrogens with zero attached hydrogens (tertiary/aromatic N) is 3. The van der Waals surface area contributed by atoms with Crippen LogP contribution < -0.4 is 15.5 Å². The molecule has 1 aliphatic carbocycles. The number of carbonyl (C=O) groups excluding carboxylic acids is 2. The average molecular weight is 606 g/mol. The highest BCUT2D eigenvalue weighted by Gasteiger charge is 2.26. The van der Waals surface area contributed by atoms with Crippen molar-refractivity contribution < 1.29 is 19.4 Å². The van der Waals surface area contributed by atoms with E-state index in [0.717, 1.165) is 80.0 Å². The number of aliphatic hydroxyl groups excluding tert-OH is 1. The predicted molar refractivity (Wildman–Crippen MR) is 174 cm³/mol. The lowest BCUT2D eigenvalue weighted by molar-refractivity contribution is 0.0955. The molecule has 0 radical (unpaired) electrons. The van der Waals surface area contributed by atoms with Gasteiger partial charge in [0.15, 0.2) is 0 Å². The first-order valence-corrected chi connectivity index (χ1v) is 15.9. The SMILES string of the molecule is CCN(CC)CCN(C)Cc1cccc(C(=O)Nc2sc3c(c2C(=O)NN=Cc2ccc(OCCO)cc2)CCCC3)c1. The molecule has 43 heavy (non-hydrogen) atoms. The van der Waals surface area contributed by atoms with E-state index < -0.39 is 0 Å². The molecule has 0 bridgehead atoms. The molecular weight excluding hydrogens is 562 g/mol. The molecule has 0 fully saturated rings. The van der Waals surface area contributed by atoms with Crippen molar-refractivity contribution in [3.63, 3.8) is 0 Å². The highest BCUT2D eigenvalue weighted by molar-refractivity contribution is 7.17.